The van der Waals surface area contributed by atoms with E-state index in [-0.39, 0.29) is 7.92 Å². The van der Waals surface area contributed by atoms with Crippen LogP contribution in [0.3, 0.4) is 0 Å². The van der Waals surface area contributed by atoms with E-state index in [4.69, 9.17) is 0 Å². The van der Waals surface area contributed by atoms with Crippen molar-refractivity contribution in [2.45, 2.75) is 70.0 Å². The fourth-order valence-electron chi connectivity index (χ4n) is 6.59. The highest BCUT2D eigenvalue weighted by molar-refractivity contribution is 7.68. The third-order valence-electron chi connectivity index (χ3n) is 7.13. The van der Waals surface area contributed by atoms with Gasteiger partial charge in [-0.3, -0.25) is 0 Å². The average Bonchev–Trinajstić information content (AvgIpc) is 2.86. The Bertz CT molecular complexity index is 594. The lowest BCUT2D eigenvalue weighted by atomic mass is 9.52. The third-order valence-corrected chi connectivity index (χ3v) is 10.3. The Kier molecular flexibility index (Phi) is 3.05. The second-order valence-electron chi connectivity index (χ2n) is 9.80. The van der Waals surface area contributed by atoms with Gasteiger partial charge in [-0.15, -0.1) is 0 Å². The van der Waals surface area contributed by atoms with Crippen LogP contribution in [-0.4, -0.2) is 17.0 Å². The van der Waals surface area contributed by atoms with Gasteiger partial charge in [-0.1, -0.05) is 39.0 Å². The molecule has 6 rings (SSSR count). The van der Waals surface area contributed by atoms with Crippen molar-refractivity contribution in [3.05, 3.63) is 24.3 Å². The molecule has 1 aromatic rings. The molecule has 4 saturated carbocycles. The van der Waals surface area contributed by atoms with Crippen molar-refractivity contribution >= 4 is 18.9 Å². The van der Waals surface area contributed by atoms with E-state index in [9.17, 15) is 0 Å². The third kappa shape index (κ3) is 2.15. The molecule has 124 valence electrons. The van der Waals surface area contributed by atoms with Gasteiger partial charge in [0.2, 0.25) is 0 Å². The molecule has 1 atom stereocenters. The predicted octanol–water partition coefficient (Wildman–Crippen LogP) is 5.34. The van der Waals surface area contributed by atoms with Gasteiger partial charge in [0.25, 0.3) is 0 Å². The van der Waals surface area contributed by atoms with E-state index >= 15 is 0 Å². The minimum atomic E-state index is -0.0674. The molecule has 4 bridgehead atoms. The number of anilines is 1. The summed E-state index contributed by atoms with van der Waals surface area (Å²) in [4.78, 5) is 2.93. The predicted molar refractivity (Wildman–Crippen MR) is 101 cm³/mol. The Morgan fingerprint density at radius 1 is 0.957 bits per heavy atom. The molecule has 1 aromatic carbocycles. The van der Waals surface area contributed by atoms with Gasteiger partial charge in [-0.25, -0.2) is 0 Å². The summed E-state index contributed by atoms with van der Waals surface area (Å²) in [5.41, 5.74) is 2.13. The van der Waals surface area contributed by atoms with Gasteiger partial charge in [-0.2, -0.15) is 0 Å². The second-order valence-corrected chi connectivity index (χ2v) is 12.8. The smallest absolute Gasteiger partial charge is 0.0453 e. The Morgan fingerprint density at radius 3 is 2.09 bits per heavy atom. The lowest BCUT2D eigenvalue weighted by Crippen LogP contribution is -2.59. The molecule has 0 amide bonds. The number of nitrogens with zero attached hydrogens (tertiary/aromatic N) is 1. The van der Waals surface area contributed by atoms with Crippen molar-refractivity contribution in [2.75, 3.05) is 11.2 Å². The van der Waals surface area contributed by atoms with Gasteiger partial charge in [0, 0.05) is 22.8 Å². The zero-order chi connectivity index (χ0) is 15.8. The number of hydrogen-bond acceptors (Lipinski definition) is 1. The first-order valence-electron chi connectivity index (χ1n) is 9.59. The number of rotatable bonds is 1. The van der Waals surface area contributed by atoms with E-state index in [1.165, 1.54) is 25.5 Å². The maximum Gasteiger partial charge on any atom is 0.0453 e. The van der Waals surface area contributed by atoms with Gasteiger partial charge in [0.05, 0.1) is 0 Å². The molecule has 1 heterocycles. The molecule has 0 radical (unpaired) electrons. The standard InChI is InChI=1S/C21H30NP/c1-20(2,3)23-14-22(18-6-4-5-7-19(18)23)21-11-15-8-16(12-21)10-17(9-15)13-21/h4-7,15-17H,8-14H2,1-3H3. The molecule has 1 unspecified atom stereocenters. The van der Waals surface area contributed by atoms with Crippen molar-refractivity contribution < 1.29 is 0 Å². The van der Waals surface area contributed by atoms with Crippen LogP contribution < -0.4 is 10.2 Å². The Balaban J connectivity index is 1.57. The van der Waals surface area contributed by atoms with Crippen molar-refractivity contribution in [3.63, 3.8) is 0 Å². The van der Waals surface area contributed by atoms with E-state index in [0.29, 0.717) is 10.7 Å². The molecule has 0 saturated heterocycles. The van der Waals surface area contributed by atoms with E-state index in [1.54, 1.807) is 30.3 Å². The zero-order valence-electron chi connectivity index (χ0n) is 14.9. The summed E-state index contributed by atoms with van der Waals surface area (Å²) in [7, 11) is -0.0674. The number of para-hydroxylation sites is 1. The monoisotopic (exact) mass is 327 g/mol. The van der Waals surface area contributed by atoms with Crippen molar-refractivity contribution in [1.82, 2.24) is 0 Å². The Morgan fingerprint density at radius 2 is 1.52 bits per heavy atom. The van der Waals surface area contributed by atoms with Gasteiger partial charge >= 0.3 is 0 Å². The first kappa shape index (κ1) is 14.8. The van der Waals surface area contributed by atoms with Crippen LogP contribution in [0.5, 0.6) is 0 Å². The summed E-state index contributed by atoms with van der Waals surface area (Å²) in [5, 5.41) is 2.11. The van der Waals surface area contributed by atoms with E-state index in [1.807, 2.05) is 0 Å². The molecule has 0 spiro atoms. The maximum absolute atomic E-state index is 2.93. The fourth-order valence-corrected chi connectivity index (χ4v) is 9.36. The molecule has 1 nitrogen and oxygen atoms in total. The first-order valence-corrected chi connectivity index (χ1v) is 11.1. The Labute approximate surface area is 142 Å². The molecular weight excluding hydrogens is 297 g/mol. The van der Waals surface area contributed by atoms with Crippen LogP contribution in [0.25, 0.3) is 0 Å². The van der Waals surface area contributed by atoms with E-state index < -0.39 is 0 Å². The minimum absolute atomic E-state index is 0.0674. The fraction of sp³-hybridized carbons (Fsp3) is 0.714. The van der Waals surface area contributed by atoms with E-state index in [2.05, 4.69) is 49.9 Å². The largest absolute Gasteiger partial charge is 0.361 e. The van der Waals surface area contributed by atoms with Crippen LogP contribution in [-0.2, 0) is 0 Å². The van der Waals surface area contributed by atoms with Gasteiger partial charge < -0.3 is 4.90 Å². The summed E-state index contributed by atoms with van der Waals surface area (Å²) in [6, 6.07) is 9.41. The molecule has 1 aliphatic heterocycles. The molecule has 23 heavy (non-hydrogen) atoms. The van der Waals surface area contributed by atoms with Crippen molar-refractivity contribution in [3.8, 4) is 0 Å². The summed E-state index contributed by atoms with van der Waals surface area (Å²) in [6.45, 7) is 7.37. The summed E-state index contributed by atoms with van der Waals surface area (Å²) in [5.74, 6) is 3.11. The molecule has 0 aromatic heterocycles. The molecule has 4 aliphatic carbocycles. The minimum Gasteiger partial charge on any atom is -0.361 e. The summed E-state index contributed by atoms with van der Waals surface area (Å²) < 4.78 is 0. The van der Waals surface area contributed by atoms with Gasteiger partial charge in [0.15, 0.2) is 0 Å². The number of benzene rings is 1. The highest BCUT2D eigenvalue weighted by Crippen LogP contribution is 2.63. The van der Waals surface area contributed by atoms with Crippen molar-refractivity contribution in [2.24, 2.45) is 17.8 Å². The van der Waals surface area contributed by atoms with Crippen LogP contribution in [0.2, 0.25) is 0 Å². The first-order chi connectivity index (χ1) is 10.9. The van der Waals surface area contributed by atoms with Crippen LogP contribution in [0.15, 0.2) is 24.3 Å². The van der Waals surface area contributed by atoms with Crippen molar-refractivity contribution in [1.29, 1.82) is 0 Å². The van der Waals surface area contributed by atoms with Crippen LogP contribution in [0, 0.1) is 17.8 Å². The quantitative estimate of drug-likeness (QED) is 0.629. The highest BCUT2D eigenvalue weighted by atomic mass is 31.1. The van der Waals surface area contributed by atoms with E-state index in [0.717, 1.165) is 17.8 Å². The van der Waals surface area contributed by atoms with Gasteiger partial charge in [-0.05, 0) is 75.4 Å². The topological polar surface area (TPSA) is 3.24 Å². The molecule has 2 heteroatoms. The summed E-state index contributed by atoms with van der Waals surface area (Å²) >= 11 is 0. The lowest BCUT2D eigenvalue weighted by molar-refractivity contribution is -0.00241. The van der Waals surface area contributed by atoms with Gasteiger partial charge in [0.1, 0.15) is 0 Å². The van der Waals surface area contributed by atoms with Crippen LogP contribution in [0.1, 0.15) is 59.3 Å². The van der Waals surface area contributed by atoms with Crippen LogP contribution in [0.4, 0.5) is 5.69 Å². The molecule has 5 aliphatic rings. The second kappa shape index (κ2) is 4.75. The zero-order valence-corrected chi connectivity index (χ0v) is 15.8. The lowest BCUT2D eigenvalue weighted by Gasteiger charge is -2.60. The SMILES string of the molecule is CC(C)(C)P1CN(C23CC4CC(CC(C4)C2)C3)c2ccccc21. The maximum atomic E-state index is 2.93. The molecule has 0 N–H and O–H groups in total. The molecular formula is C21H30NP. The normalized spacial score (nSPS) is 41.4. The molecule has 4 fully saturated rings. The summed E-state index contributed by atoms with van der Waals surface area (Å²) in [6.07, 6.45) is 10.4. The van der Waals surface area contributed by atoms with Crippen LogP contribution >= 0.6 is 7.92 Å². The number of hydrogen-bond donors (Lipinski definition) is 0. The highest BCUT2D eigenvalue weighted by Gasteiger charge is 2.55. The number of fused-ring (bicyclic) bond motifs is 1. The Hall–Kier alpha value is -0.550. The average molecular weight is 327 g/mol.